The smallest absolute Gasteiger partial charge is 0.162 e. The van der Waals surface area contributed by atoms with Gasteiger partial charge in [0.2, 0.25) is 0 Å². The molecule has 0 saturated heterocycles. The molecule has 0 amide bonds. The number of hydrogen-bond donors (Lipinski definition) is 0. The molecule has 0 spiro atoms. The minimum Gasteiger partial charge on any atom is -0.294 e. The van der Waals surface area contributed by atoms with E-state index in [9.17, 15) is 4.79 Å². The third kappa shape index (κ3) is 9.25. The van der Waals surface area contributed by atoms with Crippen molar-refractivity contribution in [2.24, 2.45) is 5.92 Å². The highest BCUT2D eigenvalue weighted by molar-refractivity contribution is 5.96. The van der Waals surface area contributed by atoms with E-state index in [1.54, 1.807) is 5.56 Å². The zero-order chi connectivity index (χ0) is 24.9. The van der Waals surface area contributed by atoms with Gasteiger partial charge in [-0.1, -0.05) is 108 Å². The van der Waals surface area contributed by atoms with Crippen molar-refractivity contribution in [1.82, 2.24) is 0 Å². The summed E-state index contributed by atoms with van der Waals surface area (Å²) in [5, 5.41) is 0. The second-order valence-corrected chi connectivity index (χ2v) is 11.2. The Morgan fingerprint density at radius 2 is 1.46 bits per heavy atom. The summed E-state index contributed by atoms with van der Waals surface area (Å²) in [7, 11) is 0. The van der Waals surface area contributed by atoms with Crippen LogP contribution in [0.25, 0.3) is 0 Å². The molecule has 0 N–H and O–H groups in total. The van der Waals surface area contributed by atoms with Crippen molar-refractivity contribution in [2.75, 3.05) is 0 Å². The topological polar surface area (TPSA) is 17.1 Å². The van der Waals surface area contributed by atoms with Crippen LogP contribution in [0, 0.1) is 12.8 Å². The maximum absolute atomic E-state index is 12.5. The molecule has 1 fully saturated rings. The molecule has 0 heterocycles. The highest BCUT2D eigenvalue weighted by Crippen LogP contribution is 2.38. The Bertz CT molecular complexity index is 870. The molecule has 3 rings (SSSR count). The average Bonchev–Trinajstić information content (AvgIpc) is 2.88. The molecule has 1 saturated carbocycles. The van der Waals surface area contributed by atoms with Gasteiger partial charge in [0.25, 0.3) is 0 Å². The summed E-state index contributed by atoms with van der Waals surface area (Å²) in [6.07, 6.45) is 20.0. The van der Waals surface area contributed by atoms with Crippen molar-refractivity contribution in [1.29, 1.82) is 0 Å². The first-order valence-electron chi connectivity index (χ1n) is 14.8. The van der Waals surface area contributed by atoms with Gasteiger partial charge in [-0.25, -0.2) is 0 Å². The number of aryl methyl sites for hydroxylation is 3. The highest BCUT2D eigenvalue weighted by atomic mass is 16.1. The fourth-order valence-electron chi connectivity index (χ4n) is 5.89. The Morgan fingerprint density at radius 3 is 2.14 bits per heavy atom. The van der Waals surface area contributed by atoms with Crippen LogP contribution >= 0.6 is 0 Å². The van der Waals surface area contributed by atoms with Gasteiger partial charge in [0.15, 0.2) is 5.78 Å². The number of benzene rings is 2. The largest absolute Gasteiger partial charge is 0.294 e. The standard InChI is InChI=1S/C34H50O/c1-4-6-8-9-11-13-34(35)32-22-17-29(18-23-32)14-19-30-24-25-33(26-27(30)3)31-20-15-28(16-21-31)12-10-7-5-2/h17-18,22-26,28,31H,4-16,19-21H2,1-3H3/t28-,31-. The summed E-state index contributed by atoms with van der Waals surface area (Å²) >= 11 is 0. The van der Waals surface area contributed by atoms with Crippen molar-refractivity contribution >= 4 is 5.78 Å². The third-order valence-electron chi connectivity index (χ3n) is 8.37. The van der Waals surface area contributed by atoms with Crippen molar-refractivity contribution < 1.29 is 4.79 Å². The van der Waals surface area contributed by atoms with Gasteiger partial charge in [0.1, 0.15) is 0 Å². The van der Waals surface area contributed by atoms with Gasteiger partial charge in [-0.05, 0) is 86.0 Å². The highest BCUT2D eigenvalue weighted by Gasteiger charge is 2.22. The summed E-state index contributed by atoms with van der Waals surface area (Å²) in [4.78, 5) is 12.5. The minimum absolute atomic E-state index is 0.300. The lowest BCUT2D eigenvalue weighted by atomic mass is 9.76. The van der Waals surface area contributed by atoms with Crippen molar-refractivity contribution in [3.05, 3.63) is 70.3 Å². The molecule has 1 aliphatic rings. The predicted octanol–water partition coefficient (Wildman–Crippen LogP) is 10.2. The second-order valence-electron chi connectivity index (χ2n) is 11.2. The first kappa shape index (κ1) is 27.7. The van der Waals surface area contributed by atoms with Gasteiger partial charge < -0.3 is 0 Å². The van der Waals surface area contributed by atoms with Crippen LogP contribution in [0.2, 0.25) is 0 Å². The molecule has 0 atom stereocenters. The van der Waals surface area contributed by atoms with Crippen LogP contribution in [0.3, 0.4) is 0 Å². The minimum atomic E-state index is 0.300. The number of rotatable bonds is 15. The van der Waals surface area contributed by atoms with E-state index in [0.717, 1.165) is 36.7 Å². The van der Waals surface area contributed by atoms with Crippen molar-refractivity contribution in [3.8, 4) is 0 Å². The molecule has 1 nitrogen and oxygen atoms in total. The summed E-state index contributed by atoms with van der Waals surface area (Å²) in [5.74, 6) is 2.04. The number of hydrogen-bond acceptors (Lipinski definition) is 1. The van der Waals surface area contributed by atoms with Crippen LogP contribution in [-0.2, 0) is 12.8 Å². The van der Waals surface area contributed by atoms with Gasteiger partial charge in [-0.3, -0.25) is 4.79 Å². The number of ketones is 1. The molecular weight excluding hydrogens is 424 g/mol. The molecular formula is C34H50O. The van der Waals surface area contributed by atoms with Crippen LogP contribution in [0.4, 0.5) is 0 Å². The summed E-state index contributed by atoms with van der Waals surface area (Å²) < 4.78 is 0. The normalized spacial score (nSPS) is 18.0. The molecule has 0 unspecified atom stereocenters. The summed E-state index contributed by atoms with van der Waals surface area (Å²) in [6, 6.07) is 15.7. The third-order valence-corrected chi connectivity index (χ3v) is 8.37. The zero-order valence-electron chi connectivity index (χ0n) is 22.9. The lowest BCUT2D eigenvalue weighted by Gasteiger charge is -2.29. The first-order valence-corrected chi connectivity index (χ1v) is 14.8. The Balaban J connectivity index is 1.43. The monoisotopic (exact) mass is 474 g/mol. The summed E-state index contributed by atoms with van der Waals surface area (Å²) in [6.45, 7) is 6.82. The molecule has 0 aromatic heterocycles. The molecule has 35 heavy (non-hydrogen) atoms. The van der Waals surface area contributed by atoms with E-state index < -0.39 is 0 Å². The number of Topliss-reactive ketones (excluding diaryl/α,β-unsaturated/α-hetero) is 1. The molecule has 0 bridgehead atoms. The molecule has 0 aliphatic heterocycles. The number of unbranched alkanes of at least 4 members (excludes halogenated alkanes) is 6. The molecule has 0 radical (unpaired) electrons. The first-order chi connectivity index (χ1) is 17.1. The maximum atomic E-state index is 12.5. The van der Waals surface area contributed by atoms with Crippen LogP contribution in [0.15, 0.2) is 42.5 Å². The van der Waals surface area contributed by atoms with Crippen LogP contribution < -0.4 is 0 Å². The van der Waals surface area contributed by atoms with E-state index in [-0.39, 0.29) is 0 Å². The molecule has 1 heteroatoms. The fourth-order valence-corrected chi connectivity index (χ4v) is 5.89. The van der Waals surface area contributed by atoms with Gasteiger partial charge in [0.05, 0.1) is 0 Å². The Morgan fingerprint density at radius 1 is 0.771 bits per heavy atom. The molecule has 2 aromatic carbocycles. The maximum Gasteiger partial charge on any atom is 0.162 e. The summed E-state index contributed by atoms with van der Waals surface area (Å²) in [5.41, 5.74) is 6.69. The van der Waals surface area contributed by atoms with Gasteiger partial charge in [-0.2, -0.15) is 0 Å². The van der Waals surface area contributed by atoms with Gasteiger partial charge in [-0.15, -0.1) is 0 Å². The van der Waals surface area contributed by atoms with E-state index >= 15 is 0 Å². The van der Waals surface area contributed by atoms with Crippen LogP contribution in [0.1, 0.15) is 142 Å². The molecule has 2 aromatic rings. The number of carbonyl (C=O) groups is 1. The van der Waals surface area contributed by atoms with Crippen LogP contribution in [0.5, 0.6) is 0 Å². The number of carbonyl (C=O) groups excluding carboxylic acids is 1. The van der Waals surface area contributed by atoms with Crippen molar-refractivity contribution in [3.63, 3.8) is 0 Å². The molecule has 1 aliphatic carbocycles. The van der Waals surface area contributed by atoms with Gasteiger partial charge in [0, 0.05) is 12.0 Å². The molecule has 192 valence electrons. The van der Waals surface area contributed by atoms with Crippen molar-refractivity contribution in [2.45, 2.75) is 129 Å². The fraction of sp³-hybridized carbons (Fsp3) is 0.618. The second kappa shape index (κ2) is 15.3. The lowest BCUT2D eigenvalue weighted by Crippen LogP contribution is -2.13. The van der Waals surface area contributed by atoms with E-state index in [0.29, 0.717) is 12.2 Å². The van der Waals surface area contributed by atoms with E-state index in [1.807, 2.05) is 12.1 Å². The predicted molar refractivity (Wildman–Crippen MR) is 152 cm³/mol. The zero-order valence-corrected chi connectivity index (χ0v) is 22.9. The van der Waals surface area contributed by atoms with Crippen LogP contribution in [-0.4, -0.2) is 5.78 Å². The van der Waals surface area contributed by atoms with E-state index in [2.05, 4.69) is 51.1 Å². The Hall–Kier alpha value is -1.89. The average molecular weight is 475 g/mol. The van der Waals surface area contributed by atoms with E-state index in [4.69, 9.17) is 0 Å². The van der Waals surface area contributed by atoms with Gasteiger partial charge >= 0.3 is 0 Å². The Labute approximate surface area is 216 Å². The Kier molecular flexibility index (Phi) is 12.1. The SMILES string of the molecule is CCCCCCCC(=O)c1ccc(CCc2ccc([C@H]3CC[C@H](CCCCC)CC3)cc2C)cc1. The van der Waals surface area contributed by atoms with E-state index in [1.165, 1.54) is 93.7 Å². The quantitative estimate of drug-likeness (QED) is 0.185. The lowest BCUT2D eigenvalue weighted by molar-refractivity contribution is 0.0979.